The molecule has 0 radical (unpaired) electrons. The van der Waals surface area contributed by atoms with Crippen molar-refractivity contribution < 1.29 is 50.1 Å². The Morgan fingerprint density at radius 2 is 0.833 bits per heavy atom. The van der Waals surface area contributed by atoms with Gasteiger partial charge in [0, 0.05) is 40.0 Å². The zero-order valence-electron chi connectivity index (χ0n) is 26.6. The van der Waals surface area contributed by atoms with Crippen LogP contribution in [0.25, 0.3) is 0 Å². The van der Waals surface area contributed by atoms with Crippen LogP contribution in [0.2, 0.25) is 0 Å². The highest BCUT2D eigenvalue weighted by molar-refractivity contribution is 7.33. The molecule has 252 valence electrons. The summed E-state index contributed by atoms with van der Waals surface area (Å²) in [5.74, 6) is -7.23. The predicted octanol–water partition coefficient (Wildman–Crippen LogP) is 8.42. The van der Waals surface area contributed by atoms with Crippen LogP contribution in [0.4, 0.5) is 17.6 Å². The summed E-state index contributed by atoms with van der Waals surface area (Å²) in [5, 5.41) is 0. The van der Waals surface area contributed by atoms with Crippen LogP contribution in [0.3, 0.4) is 0 Å². The molecule has 4 aromatic rings. The van der Waals surface area contributed by atoms with Crippen molar-refractivity contribution in [2.45, 2.75) is 62.7 Å². The molecule has 0 aromatic heterocycles. The minimum absolute atomic E-state index is 0.0592. The normalized spacial score (nSPS) is 26.5. The molecule has 0 aliphatic carbocycles. The summed E-state index contributed by atoms with van der Waals surface area (Å²) in [6.45, 7) is 6.53. The number of hydrogen-bond acceptors (Lipinski definition) is 7. The van der Waals surface area contributed by atoms with Gasteiger partial charge in [-0.1, -0.05) is 81.8 Å². The largest absolute Gasteiger partial charge is 0.700 e. The lowest BCUT2D eigenvalue weighted by Crippen LogP contribution is -2.72. The van der Waals surface area contributed by atoms with Crippen molar-refractivity contribution in [1.82, 2.24) is 0 Å². The highest BCUT2D eigenvalue weighted by atomic mass is 31.1. The topological polar surface area (TPSA) is 72.5 Å². The molecule has 2 fully saturated rings. The van der Waals surface area contributed by atoms with Crippen LogP contribution in [0.1, 0.15) is 49.9 Å². The Bertz CT molecular complexity index is 1600. The molecule has 2 aliphatic heterocycles. The fourth-order valence-corrected chi connectivity index (χ4v) is 7.91. The Balaban J connectivity index is 1.81. The summed E-state index contributed by atoms with van der Waals surface area (Å²) in [6, 6.07) is 21.3. The van der Waals surface area contributed by atoms with E-state index < -0.39 is 66.5 Å². The van der Waals surface area contributed by atoms with Gasteiger partial charge in [-0.25, -0.2) is 17.6 Å². The fourth-order valence-electron chi connectivity index (χ4n) is 6.80. The van der Waals surface area contributed by atoms with Gasteiger partial charge >= 0.3 is 8.25 Å². The average molecular weight is 686 g/mol. The first kappa shape index (κ1) is 34.3. The van der Waals surface area contributed by atoms with Crippen LogP contribution in [0, 0.1) is 23.3 Å². The van der Waals surface area contributed by atoms with Gasteiger partial charge in [0.05, 0.1) is 0 Å². The van der Waals surface area contributed by atoms with E-state index in [-0.39, 0.29) is 35.5 Å². The molecule has 0 N–H and O–H groups in total. The van der Waals surface area contributed by atoms with E-state index in [4.69, 9.17) is 28.0 Å². The van der Waals surface area contributed by atoms with E-state index in [1.165, 1.54) is 86.6 Å². The molecule has 0 unspecified atom stereocenters. The molecular formula is C36H34F4O7P+. The molecule has 7 nitrogen and oxygen atoms in total. The van der Waals surface area contributed by atoms with E-state index in [9.17, 15) is 4.57 Å². The summed E-state index contributed by atoms with van der Waals surface area (Å²) in [4.78, 5) is 0. The van der Waals surface area contributed by atoms with Gasteiger partial charge in [0.15, 0.2) is 0 Å². The molecule has 0 saturated carbocycles. The second kappa shape index (κ2) is 13.1. The molecule has 6 rings (SSSR count). The zero-order chi connectivity index (χ0) is 34.3. The summed E-state index contributed by atoms with van der Waals surface area (Å²) >= 11 is 0. The summed E-state index contributed by atoms with van der Waals surface area (Å²) in [5.41, 5.74) is -6.18. The molecule has 4 atom stereocenters. The van der Waals surface area contributed by atoms with Gasteiger partial charge in [-0.15, -0.1) is 0 Å². The van der Waals surface area contributed by atoms with Crippen LogP contribution >= 0.6 is 8.25 Å². The van der Waals surface area contributed by atoms with Gasteiger partial charge < -0.3 is 18.9 Å². The standard InChI is InChI=1S/C36H34F4O7P/c1-5-42-33(3)34(4,43-6-2)45-32-31(44-33)35(23-15-7-11-19-27(23)37,24-16-8-12-20-28(24)38)46-48(41)47-36(32,25-17-9-13-21-29(25)39)26-18-10-14-22-30(26)40/h7-22,31-32H,5-6H2,1-4H3/q+1/t31-,32-,33-,34-/m1/s1. The Kier molecular flexibility index (Phi) is 9.34. The smallest absolute Gasteiger partial charge is 0.346 e. The first-order valence-corrected chi connectivity index (χ1v) is 16.6. The van der Waals surface area contributed by atoms with Crippen LogP contribution in [0.5, 0.6) is 0 Å². The predicted molar refractivity (Wildman–Crippen MR) is 167 cm³/mol. The SMILES string of the molecule is CCO[C@]1(C)O[C@@H]2[C@@H](O[C@@]1(C)OCC)C(c1ccccc1F)(c1ccccc1F)O[P+](=O)OC2(c1ccccc1F)c1ccccc1F. The number of benzene rings is 4. The van der Waals surface area contributed by atoms with Gasteiger partial charge in [-0.05, 0) is 52.0 Å². The van der Waals surface area contributed by atoms with Crippen molar-refractivity contribution >= 4 is 8.25 Å². The first-order chi connectivity index (χ1) is 23.0. The van der Waals surface area contributed by atoms with Crippen molar-refractivity contribution in [2.24, 2.45) is 0 Å². The van der Waals surface area contributed by atoms with E-state index >= 15 is 17.6 Å². The molecule has 4 aromatic carbocycles. The van der Waals surface area contributed by atoms with Crippen LogP contribution in [-0.2, 0) is 43.8 Å². The second-order valence-corrected chi connectivity index (χ2v) is 12.4. The number of rotatable bonds is 8. The van der Waals surface area contributed by atoms with Crippen molar-refractivity contribution in [1.29, 1.82) is 0 Å². The molecule has 2 heterocycles. The molecule has 2 aliphatic rings. The molecule has 0 bridgehead atoms. The number of hydrogen-bond donors (Lipinski definition) is 0. The molecule has 12 heteroatoms. The Morgan fingerprint density at radius 1 is 0.562 bits per heavy atom. The maximum Gasteiger partial charge on any atom is 0.700 e. The summed E-state index contributed by atoms with van der Waals surface area (Å²) < 4.78 is 118. The quantitative estimate of drug-likeness (QED) is 0.136. The monoisotopic (exact) mass is 685 g/mol. The lowest BCUT2D eigenvalue weighted by Gasteiger charge is -2.57. The van der Waals surface area contributed by atoms with E-state index in [1.807, 2.05) is 0 Å². The fraction of sp³-hybridized carbons (Fsp3) is 0.333. The van der Waals surface area contributed by atoms with Gasteiger partial charge in [-0.2, -0.15) is 0 Å². The highest BCUT2D eigenvalue weighted by Gasteiger charge is 2.75. The lowest BCUT2D eigenvalue weighted by molar-refractivity contribution is -0.472. The Morgan fingerprint density at radius 3 is 1.08 bits per heavy atom. The zero-order valence-corrected chi connectivity index (χ0v) is 27.5. The number of fused-ring (bicyclic) bond motifs is 1. The van der Waals surface area contributed by atoms with Crippen LogP contribution in [0.15, 0.2) is 97.1 Å². The van der Waals surface area contributed by atoms with E-state index in [0.717, 1.165) is 24.3 Å². The maximum absolute atomic E-state index is 16.2. The van der Waals surface area contributed by atoms with Crippen LogP contribution < -0.4 is 0 Å². The molecule has 0 spiro atoms. The average Bonchev–Trinajstić information content (AvgIpc) is 3.15. The van der Waals surface area contributed by atoms with Crippen molar-refractivity contribution in [3.05, 3.63) is 143 Å². The van der Waals surface area contributed by atoms with Crippen molar-refractivity contribution in [3.8, 4) is 0 Å². The minimum Gasteiger partial charge on any atom is -0.346 e. The van der Waals surface area contributed by atoms with Crippen molar-refractivity contribution in [2.75, 3.05) is 13.2 Å². The van der Waals surface area contributed by atoms with Gasteiger partial charge in [0.1, 0.15) is 35.5 Å². The highest BCUT2D eigenvalue weighted by Crippen LogP contribution is 2.62. The second-order valence-electron chi connectivity index (χ2n) is 11.6. The van der Waals surface area contributed by atoms with Gasteiger partial charge in [-0.3, -0.25) is 0 Å². The minimum atomic E-state index is -3.51. The van der Waals surface area contributed by atoms with Crippen LogP contribution in [-0.4, -0.2) is 37.0 Å². The van der Waals surface area contributed by atoms with E-state index in [0.29, 0.717) is 0 Å². The molecule has 48 heavy (non-hydrogen) atoms. The molecule has 2 saturated heterocycles. The first-order valence-electron chi connectivity index (χ1n) is 15.5. The summed E-state index contributed by atoms with van der Waals surface area (Å²) in [7, 11) is -3.51. The lowest BCUT2D eigenvalue weighted by atomic mass is 9.70. The summed E-state index contributed by atoms with van der Waals surface area (Å²) in [6.07, 6.45) is -3.59. The number of ether oxygens (including phenoxy) is 4. The Labute approximate surface area is 276 Å². The number of halogens is 4. The molecule has 0 amide bonds. The third-order valence-corrected chi connectivity index (χ3v) is 9.85. The van der Waals surface area contributed by atoms with E-state index in [1.54, 1.807) is 13.8 Å². The maximum atomic E-state index is 16.2. The third kappa shape index (κ3) is 5.29. The van der Waals surface area contributed by atoms with Crippen molar-refractivity contribution in [3.63, 3.8) is 0 Å². The molecular weight excluding hydrogens is 651 g/mol. The van der Waals surface area contributed by atoms with Gasteiger partial charge in [0.2, 0.25) is 22.8 Å². The van der Waals surface area contributed by atoms with E-state index in [2.05, 4.69) is 0 Å². The third-order valence-electron chi connectivity index (χ3n) is 8.98. The van der Waals surface area contributed by atoms with Gasteiger partial charge in [0.25, 0.3) is 0 Å². The Hall–Kier alpha value is -3.54.